The number of hydrogen-bond acceptors (Lipinski definition) is 2. The first-order chi connectivity index (χ1) is 8.25. The van der Waals surface area contributed by atoms with Gasteiger partial charge in [-0.05, 0) is 18.8 Å². The minimum absolute atomic E-state index is 0.0167. The molecule has 1 saturated carbocycles. The Labute approximate surface area is 103 Å². The zero-order valence-corrected chi connectivity index (χ0v) is 10.4. The van der Waals surface area contributed by atoms with Gasteiger partial charge in [-0.3, -0.25) is 4.79 Å². The number of carbonyl (C=O) groups excluding carboxylic acids is 2. The minimum atomic E-state index is 0.0167. The Morgan fingerprint density at radius 1 is 1.18 bits per heavy atom. The van der Waals surface area contributed by atoms with E-state index in [1.807, 2.05) is 0 Å². The van der Waals surface area contributed by atoms with E-state index in [1.54, 1.807) is 4.90 Å². The van der Waals surface area contributed by atoms with E-state index in [0.29, 0.717) is 31.8 Å². The van der Waals surface area contributed by atoms with E-state index in [4.69, 9.17) is 0 Å². The molecule has 0 bridgehead atoms. The lowest BCUT2D eigenvalue weighted by Gasteiger charge is -2.28. The third-order valence-corrected chi connectivity index (χ3v) is 3.88. The van der Waals surface area contributed by atoms with Crippen LogP contribution in [0.4, 0.5) is 4.79 Å². The quantitative estimate of drug-likeness (QED) is 0.799. The molecule has 2 amide bonds. The molecule has 96 valence electrons. The van der Waals surface area contributed by atoms with Gasteiger partial charge in [-0.25, -0.2) is 4.79 Å². The summed E-state index contributed by atoms with van der Waals surface area (Å²) >= 11 is 0. The largest absolute Gasteiger partial charge is 0.338 e. The maximum atomic E-state index is 11.9. The number of carbonyl (C=O) groups is 2. The van der Waals surface area contributed by atoms with Crippen molar-refractivity contribution in [2.75, 3.05) is 19.6 Å². The van der Waals surface area contributed by atoms with E-state index in [1.165, 1.54) is 32.1 Å². The van der Waals surface area contributed by atoms with E-state index in [-0.39, 0.29) is 11.8 Å². The van der Waals surface area contributed by atoms with Crippen LogP contribution in [-0.2, 0) is 4.79 Å². The van der Waals surface area contributed by atoms with Gasteiger partial charge in [0.25, 0.3) is 0 Å². The van der Waals surface area contributed by atoms with Crippen molar-refractivity contribution in [3.8, 4) is 0 Å². The number of Topliss-reactive ketones (excluding diaryl/α,β-unsaturated/α-hetero) is 1. The molecule has 1 N–H and O–H groups in total. The zero-order chi connectivity index (χ0) is 12.1. The molecule has 0 unspecified atom stereocenters. The average Bonchev–Trinajstić information content (AvgIpc) is 2.38. The van der Waals surface area contributed by atoms with Gasteiger partial charge in [-0.15, -0.1) is 0 Å². The second-order valence-corrected chi connectivity index (χ2v) is 5.22. The van der Waals surface area contributed by atoms with Crippen molar-refractivity contribution >= 4 is 11.8 Å². The first-order valence-corrected chi connectivity index (χ1v) is 6.80. The standard InChI is InChI=1S/C13H22N2O2/c16-12-6-8-15(9-7-12)13(17)14-10-11-4-2-1-3-5-11/h11H,1-10H2,(H,14,17). The number of urea groups is 1. The molecule has 4 nitrogen and oxygen atoms in total. The highest BCUT2D eigenvalue weighted by Crippen LogP contribution is 2.22. The van der Waals surface area contributed by atoms with E-state index in [2.05, 4.69) is 5.32 Å². The summed E-state index contributed by atoms with van der Waals surface area (Å²) in [5.41, 5.74) is 0. The Morgan fingerprint density at radius 3 is 2.47 bits per heavy atom. The van der Waals surface area contributed by atoms with Crippen LogP contribution in [0, 0.1) is 5.92 Å². The summed E-state index contributed by atoms with van der Waals surface area (Å²) in [6.07, 6.45) is 7.50. The summed E-state index contributed by atoms with van der Waals surface area (Å²) in [6.45, 7) is 1.99. The molecule has 2 aliphatic rings. The molecule has 0 aromatic carbocycles. The molecule has 0 aromatic heterocycles. The van der Waals surface area contributed by atoms with Crippen molar-refractivity contribution < 1.29 is 9.59 Å². The van der Waals surface area contributed by atoms with E-state index in [9.17, 15) is 9.59 Å². The molecular weight excluding hydrogens is 216 g/mol. The Kier molecular flexibility index (Phi) is 4.40. The van der Waals surface area contributed by atoms with Crippen LogP contribution >= 0.6 is 0 Å². The number of ketones is 1. The van der Waals surface area contributed by atoms with Crippen LogP contribution < -0.4 is 5.32 Å². The van der Waals surface area contributed by atoms with Crippen molar-refractivity contribution in [1.29, 1.82) is 0 Å². The van der Waals surface area contributed by atoms with Crippen LogP contribution in [0.15, 0.2) is 0 Å². The summed E-state index contributed by atoms with van der Waals surface area (Å²) < 4.78 is 0. The highest BCUT2D eigenvalue weighted by Gasteiger charge is 2.21. The highest BCUT2D eigenvalue weighted by molar-refractivity contribution is 5.82. The third kappa shape index (κ3) is 3.72. The number of piperidine rings is 1. The van der Waals surface area contributed by atoms with Gasteiger partial charge in [0.05, 0.1) is 0 Å². The van der Waals surface area contributed by atoms with Crippen molar-refractivity contribution in [3.63, 3.8) is 0 Å². The van der Waals surface area contributed by atoms with Gasteiger partial charge in [0, 0.05) is 32.5 Å². The zero-order valence-electron chi connectivity index (χ0n) is 10.4. The fourth-order valence-electron chi connectivity index (χ4n) is 2.69. The van der Waals surface area contributed by atoms with Crippen LogP contribution in [0.2, 0.25) is 0 Å². The summed E-state index contributed by atoms with van der Waals surface area (Å²) in [7, 11) is 0. The van der Waals surface area contributed by atoms with Crippen LogP contribution in [0.5, 0.6) is 0 Å². The summed E-state index contributed by atoms with van der Waals surface area (Å²) in [5.74, 6) is 0.945. The predicted molar refractivity (Wildman–Crippen MR) is 65.8 cm³/mol. The maximum Gasteiger partial charge on any atom is 0.317 e. The topological polar surface area (TPSA) is 49.4 Å². The van der Waals surface area contributed by atoms with Crippen molar-refractivity contribution in [2.24, 2.45) is 5.92 Å². The molecule has 0 spiro atoms. The first-order valence-electron chi connectivity index (χ1n) is 6.80. The second-order valence-electron chi connectivity index (χ2n) is 5.22. The normalized spacial score (nSPS) is 22.6. The molecule has 0 atom stereocenters. The third-order valence-electron chi connectivity index (χ3n) is 3.88. The summed E-state index contributed by atoms with van der Waals surface area (Å²) in [4.78, 5) is 24.7. The molecule has 4 heteroatoms. The van der Waals surface area contributed by atoms with Crippen LogP contribution in [0.25, 0.3) is 0 Å². The van der Waals surface area contributed by atoms with E-state index >= 15 is 0 Å². The van der Waals surface area contributed by atoms with Crippen molar-refractivity contribution in [1.82, 2.24) is 10.2 Å². The lowest BCUT2D eigenvalue weighted by Crippen LogP contribution is -2.45. The number of rotatable bonds is 2. The lowest BCUT2D eigenvalue weighted by atomic mass is 9.89. The van der Waals surface area contributed by atoms with Gasteiger partial charge in [0.2, 0.25) is 0 Å². The number of likely N-dealkylation sites (tertiary alicyclic amines) is 1. The molecule has 2 rings (SSSR count). The smallest absolute Gasteiger partial charge is 0.317 e. The average molecular weight is 238 g/mol. The SMILES string of the molecule is O=C1CCN(C(=O)NCC2CCCCC2)CC1. The van der Waals surface area contributed by atoms with Gasteiger partial charge in [-0.2, -0.15) is 0 Å². The monoisotopic (exact) mass is 238 g/mol. The number of nitrogens with one attached hydrogen (secondary N) is 1. The lowest BCUT2D eigenvalue weighted by molar-refractivity contribution is -0.120. The van der Waals surface area contributed by atoms with E-state index in [0.717, 1.165) is 6.54 Å². The van der Waals surface area contributed by atoms with Gasteiger partial charge < -0.3 is 10.2 Å². The van der Waals surface area contributed by atoms with Gasteiger partial charge in [0.15, 0.2) is 0 Å². The highest BCUT2D eigenvalue weighted by atomic mass is 16.2. The fraction of sp³-hybridized carbons (Fsp3) is 0.846. The fourth-order valence-corrected chi connectivity index (χ4v) is 2.69. The maximum absolute atomic E-state index is 11.9. The molecule has 2 fully saturated rings. The van der Waals surface area contributed by atoms with Gasteiger partial charge in [0.1, 0.15) is 5.78 Å². The van der Waals surface area contributed by atoms with Gasteiger partial charge in [-0.1, -0.05) is 19.3 Å². The molecular formula is C13H22N2O2. The Morgan fingerprint density at radius 2 is 1.82 bits per heavy atom. The number of nitrogens with zero attached hydrogens (tertiary/aromatic N) is 1. The minimum Gasteiger partial charge on any atom is -0.338 e. The van der Waals surface area contributed by atoms with Crippen molar-refractivity contribution in [2.45, 2.75) is 44.9 Å². The number of amides is 2. The Bertz CT molecular complexity index is 275. The van der Waals surface area contributed by atoms with E-state index < -0.39 is 0 Å². The molecule has 17 heavy (non-hydrogen) atoms. The van der Waals surface area contributed by atoms with Crippen LogP contribution in [-0.4, -0.2) is 36.3 Å². The summed E-state index contributed by atoms with van der Waals surface area (Å²) in [6, 6.07) is 0.0167. The molecule has 1 saturated heterocycles. The number of hydrogen-bond donors (Lipinski definition) is 1. The molecule has 1 heterocycles. The summed E-state index contributed by atoms with van der Waals surface area (Å²) in [5, 5.41) is 3.01. The Hall–Kier alpha value is -1.06. The van der Waals surface area contributed by atoms with Crippen LogP contribution in [0.1, 0.15) is 44.9 Å². The van der Waals surface area contributed by atoms with Crippen LogP contribution in [0.3, 0.4) is 0 Å². The molecule has 1 aliphatic heterocycles. The van der Waals surface area contributed by atoms with Crippen molar-refractivity contribution in [3.05, 3.63) is 0 Å². The second kappa shape index (κ2) is 6.03. The first kappa shape index (κ1) is 12.4. The molecule has 0 aromatic rings. The van der Waals surface area contributed by atoms with Gasteiger partial charge >= 0.3 is 6.03 Å². The molecule has 0 radical (unpaired) electrons. The Balaban J connectivity index is 1.67. The molecule has 1 aliphatic carbocycles. The predicted octanol–water partition coefficient (Wildman–Crippen LogP) is 1.94.